The molecule has 1 aromatic carbocycles. The molecule has 7 nitrogen and oxygen atoms in total. The molecular weight excluding hydrogens is 467 g/mol. The molecular formula is C23H24F3N5O2S. The fourth-order valence-corrected chi connectivity index (χ4v) is 4.88. The maximum absolute atomic E-state index is 13.6. The monoisotopic (exact) mass is 491 g/mol. The predicted molar refractivity (Wildman–Crippen MR) is 124 cm³/mol. The zero-order valence-electron chi connectivity index (χ0n) is 18.6. The zero-order valence-corrected chi connectivity index (χ0v) is 19.4. The lowest BCUT2D eigenvalue weighted by atomic mass is 10.0. The fourth-order valence-electron chi connectivity index (χ4n) is 3.91. The summed E-state index contributed by atoms with van der Waals surface area (Å²) < 4.78 is 69.3. The van der Waals surface area contributed by atoms with Crippen molar-refractivity contribution >= 4 is 21.7 Å². The number of nitrogens with one attached hydrogen (secondary N) is 2. The Labute approximate surface area is 196 Å². The molecule has 1 saturated heterocycles. The number of sulfonamides is 1. The highest BCUT2D eigenvalue weighted by molar-refractivity contribution is 7.92. The Morgan fingerprint density at radius 3 is 2.47 bits per heavy atom. The van der Waals surface area contributed by atoms with Gasteiger partial charge in [-0.3, -0.25) is 4.72 Å². The van der Waals surface area contributed by atoms with Crippen molar-refractivity contribution in [2.75, 3.05) is 29.8 Å². The number of halogens is 3. The Kier molecular flexibility index (Phi) is 6.50. The number of nitrogens with zero attached hydrogens (tertiary/aromatic N) is 3. The van der Waals surface area contributed by atoms with Gasteiger partial charge in [-0.1, -0.05) is 30.3 Å². The van der Waals surface area contributed by atoms with Crippen molar-refractivity contribution in [3.63, 3.8) is 0 Å². The van der Waals surface area contributed by atoms with E-state index >= 15 is 0 Å². The van der Waals surface area contributed by atoms with E-state index < -0.39 is 21.8 Å². The number of aromatic nitrogens is 2. The van der Waals surface area contributed by atoms with Crippen LogP contribution in [0.1, 0.15) is 17.5 Å². The summed E-state index contributed by atoms with van der Waals surface area (Å²) in [4.78, 5) is 10.3. The molecule has 0 spiro atoms. The largest absolute Gasteiger partial charge is 0.418 e. The van der Waals surface area contributed by atoms with Gasteiger partial charge in [0, 0.05) is 24.7 Å². The van der Waals surface area contributed by atoms with Crippen LogP contribution in [0.4, 0.5) is 24.8 Å². The van der Waals surface area contributed by atoms with Crippen LogP contribution in [0.15, 0.2) is 59.6 Å². The van der Waals surface area contributed by atoms with Crippen LogP contribution in [-0.4, -0.2) is 44.6 Å². The number of benzene rings is 1. The van der Waals surface area contributed by atoms with Crippen LogP contribution in [0, 0.1) is 6.92 Å². The van der Waals surface area contributed by atoms with Crippen molar-refractivity contribution in [1.29, 1.82) is 0 Å². The minimum Gasteiger partial charge on any atom is -0.355 e. The first-order valence-corrected chi connectivity index (χ1v) is 12.1. The Hall–Kier alpha value is -3.18. The number of aryl methyl sites for hydroxylation is 1. The van der Waals surface area contributed by atoms with Crippen molar-refractivity contribution < 1.29 is 21.6 Å². The summed E-state index contributed by atoms with van der Waals surface area (Å²) >= 11 is 0. The first kappa shape index (κ1) is 24.0. The van der Waals surface area contributed by atoms with E-state index in [9.17, 15) is 21.6 Å². The van der Waals surface area contributed by atoms with E-state index in [-0.39, 0.29) is 28.1 Å². The van der Waals surface area contributed by atoms with Gasteiger partial charge in [-0.25, -0.2) is 9.97 Å². The number of hydrogen-bond acceptors (Lipinski definition) is 6. The van der Waals surface area contributed by atoms with Gasteiger partial charge in [-0.2, -0.15) is 21.6 Å². The molecule has 0 saturated carbocycles. The molecule has 0 bridgehead atoms. The SMILES string of the molecule is CN[C@H]1CCN(c2cccc(S(=O)(=O)Nc3ccc(C(F)(F)F)c(-c4ccccc4C)n3)n2)C1. The zero-order chi connectivity index (χ0) is 24.5. The molecule has 2 aromatic heterocycles. The molecule has 4 rings (SSSR count). The summed E-state index contributed by atoms with van der Waals surface area (Å²) in [5, 5.41) is 2.95. The number of alkyl halides is 3. The van der Waals surface area contributed by atoms with Gasteiger partial charge in [0.1, 0.15) is 11.6 Å². The molecule has 3 aromatic rings. The van der Waals surface area contributed by atoms with Gasteiger partial charge in [-0.15, -0.1) is 0 Å². The third-order valence-corrected chi connectivity index (χ3v) is 7.00. The minimum absolute atomic E-state index is 0.227. The summed E-state index contributed by atoms with van der Waals surface area (Å²) in [5.74, 6) is 0.288. The molecule has 0 amide bonds. The number of rotatable bonds is 6. The maximum atomic E-state index is 13.6. The number of anilines is 2. The van der Waals surface area contributed by atoms with E-state index in [1.807, 2.05) is 11.9 Å². The lowest BCUT2D eigenvalue weighted by Crippen LogP contribution is -2.30. The van der Waals surface area contributed by atoms with Crippen LogP contribution >= 0.6 is 0 Å². The van der Waals surface area contributed by atoms with Crippen LogP contribution in [0.25, 0.3) is 11.3 Å². The third kappa shape index (κ3) is 5.00. The van der Waals surface area contributed by atoms with Crippen molar-refractivity contribution in [3.8, 4) is 11.3 Å². The highest BCUT2D eigenvalue weighted by Crippen LogP contribution is 2.38. The van der Waals surface area contributed by atoms with Crippen molar-refractivity contribution in [1.82, 2.24) is 15.3 Å². The first-order chi connectivity index (χ1) is 16.1. The van der Waals surface area contributed by atoms with E-state index in [4.69, 9.17) is 0 Å². The number of hydrogen-bond donors (Lipinski definition) is 2. The molecule has 180 valence electrons. The molecule has 1 atom stereocenters. The molecule has 0 radical (unpaired) electrons. The van der Waals surface area contributed by atoms with E-state index in [2.05, 4.69) is 20.0 Å². The second-order valence-corrected chi connectivity index (χ2v) is 9.69. The standard InChI is InChI=1S/C23H24F3N5O2S/c1-15-6-3-4-7-17(15)22-18(23(24,25)26)10-11-19(28-22)30-34(32,33)21-9-5-8-20(29-21)31-13-12-16(14-31)27-2/h3-11,16,27H,12-14H2,1-2H3,(H,28,30)/t16-/m0/s1. The summed E-state index contributed by atoms with van der Waals surface area (Å²) in [5.41, 5.74) is -0.440. The van der Waals surface area contributed by atoms with E-state index in [1.54, 1.807) is 37.3 Å². The molecule has 0 aliphatic carbocycles. The van der Waals surface area contributed by atoms with Crippen LogP contribution in [0.3, 0.4) is 0 Å². The van der Waals surface area contributed by atoms with Crippen LogP contribution < -0.4 is 14.9 Å². The lowest BCUT2D eigenvalue weighted by molar-refractivity contribution is -0.137. The third-order valence-electron chi connectivity index (χ3n) is 5.74. The molecule has 1 aliphatic rings. The highest BCUT2D eigenvalue weighted by Gasteiger charge is 2.35. The van der Waals surface area contributed by atoms with Crippen LogP contribution in [0.5, 0.6) is 0 Å². The summed E-state index contributed by atoms with van der Waals surface area (Å²) in [6.45, 7) is 3.09. The van der Waals surface area contributed by atoms with Crippen molar-refractivity contribution in [3.05, 3.63) is 65.7 Å². The highest BCUT2D eigenvalue weighted by atomic mass is 32.2. The fraction of sp³-hybridized carbons (Fsp3) is 0.304. The maximum Gasteiger partial charge on any atom is 0.418 e. The Balaban J connectivity index is 1.67. The predicted octanol–water partition coefficient (Wildman–Crippen LogP) is 4.07. The summed E-state index contributed by atoms with van der Waals surface area (Å²) in [6.07, 6.45) is -3.75. The molecule has 3 heterocycles. The minimum atomic E-state index is -4.65. The van der Waals surface area contributed by atoms with Crippen LogP contribution in [-0.2, 0) is 16.2 Å². The quantitative estimate of drug-likeness (QED) is 0.541. The average molecular weight is 492 g/mol. The molecule has 34 heavy (non-hydrogen) atoms. The molecule has 11 heteroatoms. The van der Waals surface area contributed by atoms with Crippen molar-refractivity contribution in [2.24, 2.45) is 0 Å². The second kappa shape index (κ2) is 9.22. The van der Waals surface area contributed by atoms with Gasteiger partial charge in [0.15, 0.2) is 5.03 Å². The normalized spacial score (nSPS) is 16.6. The summed E-state index contributed by atoms with van der Waals surface area (Å²) in [7, 11) is -2.32. The van der Waals surface area contributed by atoms with E-state index in [0.717, 1.165) is 25.1 Å². The topological polar surface area (TPSA) is 87.2 Å². The Bertz CT molecular complexity index is 1300. The Morgan fingerprint density at radius 1 is 1.03 bits per heavy atom. The van der Waals surface area contributed by atoms with Gasteiger partial charge in [0.2, 0.25) is 0 Å². The smallest absolute Gasteiger partial charge is 0.355 e. The average Bonchev–Trinajstić information content (AvgIpc) is 3.28. The van der Waals surface area contributed by atoms with Crippen molar-refractivity contribution in [2.45, 2.75) is 30.6 Å². The number of pyridine rings is 2. The molecule has 1 aliphatic heterocycles. The molecule has 2 N–H and O–H groups in total. The van der Waals surface area contributed by atoms with E-state index in [0.29, 0.717) is 17.9 Å². The van der Waals surface area contributed by atoms with Gasteiger partial charge < -0.3 is 10.2 Å². The second-order valence-electron chi connectivity index (χ2n) is 8.07. The molecule has 0 unspecified atom stereocenters. The first-order valence-electron chi connectivity index (χ1n) is 10.6. The van der Waals surface area contributed by atoms with Gasteiger partial charge in [0.25, 0.3) is 10.0 Å². The van der Waals surface area contributed by atoms with Gasteiger partial charge >= 0.3 is 6.18 Å². The molecule has 1 fully saturated rings. The Morgan fingerprint density at radius 2 is 1.79 bits per heavy atom. The van der Waals surface area contributed by atoms with Gasteiger partial charge in [-0.05, 0) is 50.2 Å². The number of likely N-dealkylation sites (N-methyl/N-ethyl adjacent to an activating group) is 1. The van der Waals surface area contributed by atoms with E-state index in [1.165, 1.54) is 12.1 Å². The van der Waals surface area contributed by atoms with Gasteiger partial charge in [0.05, 0.1) is 11.3 Å². The van der Waals surface area contributed by atoms with Crippen LogP contribution in [0.2, 0.25) is 0 Å². The lowest BCUT2D eigenvalue weighted by Gasteiger charge is -2.18. The summed E-state index contributed by atoms with van der Waals surface area (Å²) in [6, 6.07) is 13.3.